The molecule has 3 N–H and O–H groups in total. The molecule has 0 aliphatic carbocycles. The first kappa shape index (κ1) is 15.3. The van der Waals surface area contributed by atoms with Crippen LogP contribution >= 0.6 is 0 Å². The fraction of sp³-hybridized carbons (Fsp3) is 0.154. The molecule has 0 spiro atoms. The second kappa shape index (κ2) is 5.74. The van der Waals surface area contributed by atoms with Crippen molar-refractivity contribution in [2.45, 2.75) is 12.2 Å². The number of hydrazine groups is 1. The van der Waals surface area contributed by atoms with Gasteiger partial charge in [0.05, 0.1) is 17.3 Å². The number of rotatable bonds is 3. The Kier molecular flexibility index (Phi) is 4.19. The lowest BCUT2D eigenvalue weighted by Gasteiger charge is -2.17. The zero-order valence-electron chi connectivity index (χ0n) is 10.5. The van der Waals surface area contributed by atoms with Crippen LogP contribution < -0.4 is 11.3 Å². The van der Waals surface area contributed by atoms with Crippen molar-refractivity contribution in [2.75, 3.05) is 0 Å². The number of pyridine rings is 1. The van der Waals surface area contributed by atoms with Crippen molar-refractivity contribution >= 4 is 0 Å². The monoisotopic (exact) mass is 303 g/mol. The van der Waals surface area contributed by atoms with E-state index in [2.05, 4.69) is 10.4 Å². The van der Waals surface area contributed by atoms with Gasteiger partial charge in [-0.1, -0.05) is 0 Å². The summed E-state index contributed by atoms with van der Waals surface area (Å²) in [5.74, 6) is 3.83. The predicted molar refractivity (Wildman–Crippen MR) is 64.8 cm³/mol. The minimum atomic E-state index is -4.53. The maximum atomic E-state index is 13.7. The van der Waals surface area contributed by atoms with Gasteiger partial charge in [0.25, 0.3) is 0 Å². The smallest absolute Gasteiger partial charge is 0.271 e. The van der Waals surface area contributed by atoms with Gasteiger partial charge in [-0.05, 0) is 30.3 Å². The second-order valence-corrected chi connectivity index (χ2v) is 4.24. The van der Waals surface area contributed by atoms with Gasteiger partial charge in [0.1, 0.15) is 11.6 Å². The average Bonchev–Trinajstić information content (AvgIpc) is 2.43. The van der Waals surface area contributed by atoms with Gasteiger partial charge in [0, 0.05) is 11.8 Å². The molecule has 0 radical (unpaired) electrons. The summed E-state index contributed by atoms with van der Waals surface area (Å²) in [6, 6.07) is 3.51. The lowest BCUT2D eigenvalue weighted by molar-refractivity contribution is -0.137. The summed E-state index contributed by atoms with van der Waals surface area (Å²) in [6.07, 6.45) is -3.92. The highest BCUT2D eigenvalue weighted by atomic mass is 19.4. The third-order valence-corrected chi connectivity index (χ3v) is 2.85. The van der Waals surface area contributed by atoms with Gasteiger partial charge in [-0.2, -0.15) is 13.2 Å². The molecule has 2 aromatic rings. The molecule has 1 atom stereocenters. The number of nitrogens with one attached hydrogen (secondary N) is 1. The van der Waals surface area contributed by atoms with Gasteiger partial charge in [-0.15, -0.1) is 0 Å². The van der Waals surface area contributed by atoms with Crippen molar-refractivity contribution in [3.63, 3.8) is 0 Å². The van der Waals surface area contributed by atoms with E-state index in [9.17, 15) is 22.0 Å². The summed E-state index contributed by atoms with van der Waals surface area (Å²) in [4.78, 5) is 3.61. The van der Waals surface area contributed by atoms with E-state index < -0.39 is 29.4 Å². The Morgan fingerprint density at radius 3 is 2.33 bits per heavy atom. The number of hydrogen-bond acceptors (Lipinski definition) is 3. The van der Waals surface area contributed by atoms with Crippen LogP contribution in [0, 0.1) is 11.6 Å². The molecule has 112 valence electrons. The Hall–Kier alpha value is -2.06. The van der Waals surface area contributed by atoms with E-state index in [0.717, 1.165) is 30.3 Å². The van der Waals surface area contributed by atoms with Crippen LogP contribution in [0.15, 0.2) is 36.5 Å². The van der Waals surface area contributed by atoms with Gasteiger partial charge in [-0.3, -0.25) is 10.8 Å². The Morgan fingerprint density at radius 2 is 1.81 bits per heavy atom. The molecule has 0 aliphatic heterocycles. The third-order valence-electron chi connectivity index (χ3n) is 2.85. The third kappa shape index (κ3) is 3.34. The van der Waals surface area contributed by atoms with Crippen LogP contribution in [0.4, 0.5) is 22.0 Å². The highest BCUT2D eigenvalue weighted by Crippen LogP contribution is 2.30. The molecule has 0 amide bonds. The molecule has 2 rings (SSSR count). The fourth-order valence-corrected chi connectivity index (χ4v) is 1.81. The number of aromatic nitrogens is 1. The number of hydrogen-bond donors (Lipinski definition) is 2. The number of nitrogens with zero attached hydrogens (tertiary/aromatic N) is 1. The molecule has 1 heterocycles. The molecule has 0 saturated carbocycles. The van der Waals surface area contributed by atoms with E-state index in [1.165, 1.54) is 0 Å². The first-order valence-electron chi connectivity index (χ1n) is 5.77. The maximum Gasteiger partial charge on any atom is 0.417 e. The first-order chi connectivity index (χ1) is 9.82. The summed E-state index contributed by atoms with van der Waals surface area (Å²) in [7, 11) is 0. The van der Waals surface area contributed by atoms with Crippen molar-refractivity contribution < 1.29 is 22.0 Å². The number of benzene rings is 1. The van der Waals surface area contributed by atoms with Crippen molar-refractivity contribution in [1.82, 2.24) is 10.4 Å². The van der Waals surface area contributed by atoms with Crippen molar-refractivity contribution in [1.29, 1.82) is 0 Å². The Balaban J connectivity index is 2.40. The SMILES string of the molecule is NNC(c1ccc(C(F)(F)F)cn1)c1cc(F)ccc1F. The Labute approximate surface area is 116 Å². The van der Waals surface area contributed by atoms with Crippen molar-refractivity contribution in [3.8, 4) is 0 Å². The molecule has 21 heavy (non-hydrogen) atoms. The van der Waals surface area contributed by atoms with E-state index in [-0.39, 0.29) is 11.3 Å². The van der Waals surface area contributed by atoms with Crippen LogP contribution in [0.5, 0.6) is 0 Å². The van der Waals surface area contributed by atoms with Crippen LogP contribution in [0.1, 0.15) is 22.9 Å². The van der Waals surface area contributed by atoms with E-state index in [1.54, 1.807) is 0 Å². The summed E-state index contributed by atoms with van der Waals surface area (Å²) in [6.45, 7) is 0. The largest absolute Gasteiger partial charge is 0.417 e. The zero-order valence-corrected chi connectivity index (χ0v) is 10.5. The van der Waals surface area contributed by atoms with Gasteiger partial charge >= 0.3 is 6.18 Å². The van der Waals surface area contributed by atoms with E-state index in [1.807, 2.05) is 0 Å². The Bertz CT molecular complexity index is 625. The van der Waals surface area contributed by atoms with E-state index >= 15 is 0 Å². The molecule has 0 saturated heterocycles. The standard InChI is InChI=1S/C13H10F5N3/c14-8-2-3-10(15)9(5-8)12(21-19)11-4-1-7(6-20-11)13(16,17)18/h1-6,12,21H,19H2. The highest BCUT2D eigenvalue weighted by Gasteiger charge is 2.31. The van der Waals surface area contributed by atoms with E-state index in [0.29, 0.717) is 6.20 Å². The molecule has 0 aliphatic rings. The minimum Gasteiger partial charge on any atom is -0.271 e. The fourth-order valence-electron chi connectivity index (χ4n) is 1.81. The number of alkyl halides is 3. The average molecular weight is 303 g/mol. The number of nitrogens with two attached hydrogens (primary N) is 1. The molecule has 1 aromatic carbocycles. The van der Waals surface area contributed by atoms with Crippen molar-refractivity contribution in [2.24, 2.45) is 5.84 Å². The second-order valence-electron chi connectivity index (χ2n) is 4.24. The van der Waals surface area contributed by atoms with Gasteiger partial charge in [0.2, 0.25) is 0 Å². The van der Waals surface area contributed by atoms with Crippen molar-refractivity contribution in [3.05, 3.63) is 65.0 Å². The van der Waals surface area contributed by atoms with Crippen LogP contribution in [-0.2, 0) is 6.18 Å². The minimum absolute atomic E-state index is 0.0370. The molecule has 8 heteroatoms. The zero-order chi connectivity index (χ0) is 15.6. The lowest BCUT2D eigenvalue weighted by Crippen LogP contribution is -2.30. The molecule has 1 unspecified atom stereocenters. The summed E-state index contributed by atoms with van der Waals surface area (Å²) in [5.41, 5.74) is 1.16. The molecule has 1 aromatic heterocycles. The molecule has 0 bridgehead atoms. The highest BCUT2D eigenvalue weighted by molar-refractivity contribution is 5.30. The molecule has 0 fully saturated rings. The van der Waals surface area contributed by atoms with Gasteiger partial charge in [-0.25, -0.2) is 14.2 Å². The van der Waals surface area contributed by atoms with Crippen LogP contribution in [0.3, 0.4) is 0 Å². The lowest BCUT2D eigenvalue weighted by atomic mass is 10.0. The van der Waals surface area contributed by atoms with Gasteiger partial charge < -0.3 is 0 Å². The predicted octanol–water partition coefficient (Wildman–Crippen LogP) is 2.93. The van der Waals surface area contributed by atoms with Crippen LogP contribution in [0.2, 0.25) is 0 Å². The van der Waals surface area contributed by atoms with Gasteiger partial charge in [0.15, 0.2) is 0 Å². The maximum absolute atomic E-state index is 13.7. The van der Waals surface area contributed by atoms with Crippen LogP contribution in [0.25, 0.3) is 0 Å². The first-order valence-corrected chi connectivity index (χ1v) is 5.77. The molecular weight excluding hydrogens is 293 g/mol. The summed E-state index contributed by atoms with van der Waals surface area (Å²) < 4.78 is 64.2. The van der Waals surface area contributed by atoms with E-state index in [4.69, 9.17) is 5.84 Å². The summed E-state index contributed by atoms with van der Waals surface area (Å²) >= 11 is 0. The Morgan fingerprint density at radius 1 is 1.10 bits per heavy atom. The molecular formula is C13H10F5N3. The quantitative estimate of drug-likeness (QED) is 0.521. The van der Waals surface area contributed by atoms with Crippen LogP contribution in [-0.4, -0.2) is 4.98 Å². The number of halogens is 5. The normalized spacial score (nSPS) is 13.2. The topological polar surface area (TPSA) is 50.9 Å². The summed E-state index contributed by atoms with van der Waals surface area (Å²) in [5, 5.41) is 0. The molecule has 3 nitrogen and oxygen atoms in total.